The van der Waals surface area contributed by atoms with Gasteiger partial charge in [0, 0.05) is 16.0 Å². The number of carbonyl (C=O) groups is 1. The lowest BCUT2D eigenvalue weighted by atomic mass is 10.1. The average molecular weight is 364 g/mol. The first-order valence-electron chi connectivity index (χ1n) is 8.22. The first-order chi connectivity index (χ1) is 12.6. The highest BCUT2D eigenvalue weighted by atomic mass is 32.2. The van der Waals surface area contributed by atoms with Crippen LogP contribution in [0.4, 0.5) is 5.69 Å². The fraction of sp³-hybridized carbons (Fsp3) is 0.143. The van der Waals surface area contributed by atoms with Crippen LogP contribution in [0.2, 0.25) is 0 Å². The highest BCUT2D eigenvalue weighted by Gasteiger charge is 2.14. The Morgan fingerprint density at radius 2 is 2.08 bits per heavy atom. The molecule has 4 nitrogen and oxygen atoms in total. The number of methoxy groups -OCH3 is 1. The SMILES string of the molecule is C=CCSc1ccccc1NC(=O)c1cc2cc(OC)ccc2nc1C. The van der Waals surface area contributed by atoms with E-state index in [1.807, 2.05) is 61.5 Å². The zero-order chi connectivity index (χ0) is 18.5. The maximum absolute atomic E-state index is 12.8. The van der Waals surface area contributed by atoms with E-state index in [9.17, 15) is 4.79 Å². The molecule has 0 aliphatic rings. The van der Waals surface area contributed by atoms with Gasteiger partial charge >= 0.3 is 0 Å². The molecule has 0 saturated carbocycles. The third-order valence-electron chi connectivity index (χ3n) is 3.95. The number of para-hydroxylation sites is 1. The minimum absolute atomic E-state index is 0.175. The molecule has 3 rings (SSSR count). The number of hydrogen-bond donors (Lipinski definition) is 1. The highest BCUT2D eigenvalue weighted by molar-refractivity contribution is 7.99. The number of thioether (sulfide) groups is 1. The Labute approximate surface area is 157 Å². The molecule has 0 fully saturated rings. The summed E-state index contributed by atoms with van der Waals surface area (Å²) in [5.74, 6) is 1.34. The number of nitrogens with zero attached hydrogens (tertiary/aromatic N) is 1. The van der Waals surface area contributed by atoms with E-state index < -0.39 is 0 Å². The van der Waals surface area contributed by atoms with E-state index in [0.29, 0.717) is 11.3 Å². The molecule has 0 atom stereocenters. The Kier molecular flexibility index (Phi) is 5.58. The van der Waals surface area contributed by atoms with E-state index in [0.717, 1.165) is 33.0 Å². The number of aromatic nitrogens is 1. The molecular weight excluding hydrogens is 344 g/mol. The summed E-state index contributed by atoms with van der Waals surface area (Å²) < 4.78 is 5.26. The topological polar surface area (TPSA) is 51.2 Å². The highest BCUT2D eigenvalue weighted by Crippen LogP contribution is 2.28. The van der Waals surface area contributed by atoms with E-state index in [4.69, 9.17) is 4.74 Å². The van der Waals surface area contributed by atoms with E-state index >= 15 is 0 Å². The number of anilines is 1. The Morgan fingerprint density at radius 1 is 1.27 bits per heavy atom. The minimum Gasteiger partial charge on any atom is -0.497 e. The van der Waals surface area contributed by atoms with Crippen LogP contribution in [0.15, 0.2) is 66.1 Å². The van der Waals surface area contributed by atoms with Gasteiger partial charge in [0.15, 0.2) is 0 Å². The Morgan fingerprint density at radius 3 is 2.85 bits per heavy atom. The molecule has 0 saturated heterocycles. The zero-order valence-electron chi connectivity index (χ0n) is 14.8. The van der Waals surface area contributed by atoms with Crippen molar-refractivity contribution in [2.45, 2.75) is 11.8 Å². The van der Waals surface area contributed by atoms with Gasteiger partial charge in [-0.1, -0.05) is 18.2 Å². The van der Waals surface area contributed by atoms with Crippen LogP contribution in [-0.2, 0) is 0 Å². The normalized spacial score (nSPS) is 10.5. The molecular formula is C21H20N2O2S. The third-order valence-corrected chi connectivity index (χ3v) is 5.02. The molecule has 1 amide bonds. The number of aryl methyl sites for hydroxylation is 1. The molecule has 0 radical (unpaired) electrons. The molecule has 0 bridgehead atoms. The summed E-state index contributed by atoms with van der Waals surface area (Å²) >= 11 is 1.63. The summed E-state index contributed by atoms with van der Waals surface area (Å²) in [6.07, 6.45) is 1.84. The molecule has 1 aromatic heterocycles. The number of nitrogens with one attached hydrogen (secondary N) is 1. The fourth-order valence-corrected chi connectivity index (χ4v) is 3.39. The quantitative estimate of drug-likeness (QED) is 0.489. The molecule has 1 heterocycles. The average Bonchev–Trinajstić information content (AvgIpc) is 2.66. The predicted molar refractivity (Wildman–Crippen MR) is 108 cm³/mol. The van der Waals surface area contributed by atoms with Gasteiger partial charge in [0.2, 0.25) is 0 Å². The van der Waals surface area contributed by atoms with Crippen LogP contribution >= 0.6 is 11.8 Å². The van der Waals surface area contributed by atoms with Crippen LogP contribution in [0.3, 0.4) is 0 Å². The number of ether oxygens (including phenoxy) is 1. The summed E-state index contributed by atoms with van der Waals surface area (Å²) in [4.78, 5) is 18.4. The Hall–Kier alpha value is -2.79. The Bertz CT molecular complexity index is 969. The number of pyridine rings is 1. The van der Waals surface area contributed by atoms with E-state index in [1.165, 1.54) is 0 Å². The summed E-state index contributed by atoms with van der Waals surface area (Å²) in [7, 11) is 1.62. The largest absolute Gasteiger partial charge is 0.497 e. The van der Waals surface area contributed by atoms with Crippen LogP contribution in [0.5, 0.6) is 5.75 Å². The van der Waals surface area contributed by atoms with Gasteiger partial charge in [0.05, 0.1) is 29.6 Å². The number of carbonyl (C=O) groups excluding carboxylic acids is 1. The molecule has 2 aromatic carbocycles. The van der Waals surface area contributed by atoms with Crippen molar-refractivity contribution in [3.8, 4) is 5.75 Å². The van der Waals surface area contributed by atoms with Gasteiger partial charge in [-0.05, 0) is 43.3 Å². The summed E-state index contributed by atoms with van der Waals surface area (Å²) in [5, 5.41) is 3.87. The molecule has 1 N–H and O–H groups in total. The van der Waals surface area contributed by atoms with Crippen molar-refractivity contribution in [1.82, 2.24) is 4.98 Å². The number of fused-ring (bicyclic) bond motifs is 1. The molecule has 5 heteroatoms. The van der Waals surface area contributed by atoms with Crippen molar-refractivity contribution < 1.29 is 9.53 Å². The first-order valence-corrected chi connectivity index (χ1v) is 9.20. The second-order valence-electron chi connectivity index (χ2n) is 5.73. The molecule has 3 aromatic rings. The van der Waals surface area contributed by atoms with Crippen LogP contribution in [0.1, 0.15) is 16.1 Å². The van der Waals surface area contributed by atoms with Crippen LogP contribution in [0.25, 0.3) is 10.9 Å². The molecule has 0 spiro atoms. The molecule has 26 heavy (non-hydrogen) atoms. The minimum atomic E-state index is -0.175. The summed E-state index contributed by atoms with van der Waals surface area (Å²) in [6.45, 7) is 5.59. The molecule has 0 aliphatic carbocycles. The lowest BCUT2D eigenvalue weighted by Crippen LogP contribution is -2.14. The molecule has 132 valence electrons. The standard InChI is InChI=1S/C21H20N2O2S/c1-4-11-26-20-8-6-5-7-19(20)23-21(24)17-13-15-12-16(25-3)9-10-18(15)22-14(17)2/h4-10,12-13H,1,11H2,2-3H3,(H,23,24). The number of benzene rings is 2. The van der Waals surface area contributed by atoms with Crippen LogP contribution < -0.4 is 10.1 Å². The maximum atomic E-state index is 12.8. The summed E-state index contributed by atoms with van der Waals surface area (Å²) in [5.41, 5.74) is 2.86. The van der Waals surface area contributed by atoms with Crippen LogP contribution in [-0.4, -0.2) is 23.8 Å². The molecule has 0 unspecified atom stereocenters. The van der Waals surface area contributed by atoms with Crippen molar-refractivity contribution in [2.24, 2.45) is 0 Å². The lowest BCUT2D eigenvalue weighted by molar-refractivity contribution is 0.102. The first kappa shape index (κ1) is 18.0. The van der Waals surface area contributed by atoms with E-state index in [1.54, 1.807) is 18.9 Å². The van der Waals surface area contributed by atoms with Gasteiger partial charge in [-0.3, -0.25) is 9.78 Å². The second kappa shape index (κ2) is 8.06. The maximum Gasteiger partial charge on any atom is 0.257 e. The van der Waals surface area contributed by atoms with Crippen molar-refractivity contribution in [1.29, 1.82) is 0 Å². The van der Waals surface area contributed by atoms with Gasteiger partial charge in [-0.2, -0.15) is 0 Å². The van der Waals surface area contributed by atoms with Gasteiger partial charge < -0.3 is 10.1 Å². The predicted octanol–water partition coefficient (Wildman–Crippen LogP) is 5.08. The van der Waals surface area contributed by atoms with Crippen LogP contribution in [0, 0.1) is 6.92 Å². The van der Waals surface area contributed by atoms with Gasteiger partial charge in [-0.25, -0.2) is 0 Å². The number of rotatable bonds is 6. The molecule has 0 aliphatic heterocycles. The fourth-order valence-electron chi connectivity index (χ4n) is 2.64. The summed E-state index contributed by atoms with van der Waals surface area (Å²) in [6, 6.07) is 15.2. The van der Waals surface area contributed by atoms with Crippen molar-refractivity contribution in [3.05, 3.63) is 72.4 Å². The number of amides is 1. The third kappa shape index (κ3) is 3.89. The van der Waals surface area contributed by atoms with E-state index in [2.05, 4.69) is 16.9 Å². The van der Waals surface area contributed by atoms with Gasteiger partial charge in [0.1, 0.15) is 5.75 Å². The monoisotopic (exact) mass is 364 g/mol. The van der Waals surface area contributed by atoms with Crippen molar-refractivity contribution >= 4 is 34.3 Å². The Balaban J connectivity index is 1.92. The second-order valence-corrected chi connectivity index (χ2v) is 6.79. The lowest BCUT2D eigenvalue weighted by Gasteiger charge is -2.12. The van der Waals surface area contributed by atoms with E-state index in [-0.39, 0.29) is 5.91 Å². The van der Waals surface area contributed by atoms with Crippen molar-refractivity contribution in [2.75, 3.05) is 18.2 Å². The van der Waals surface area contributed by atoms with Gasteiger partial charge in [-0.15, -0.1) is 18.3 Å². The smallest absolute Gasteiger partial charge is 0.257 e. The van der Waals surface area contributed by atoms with Gasteiger partial charge in [0.25, 0.3) is 5.91 Å². The number of hydrogen-bond acceptors (Lipinski definition) is 4. The van der Waals surface area contributed by atoms with Crippen molar-refractivity contribution in [3.63, 3.8) is 0 Å². The zero-order valence-corrected chi connectivity index (χ0v) is 15.6.